The zero-order valence-corrected chi connectivity index (χ0v) is 9.78. The van der Waals surface area contributed by atoms with Crippen molar-refractivity contribution in [3.05, 3.63) is 35.6 Å². The average molecular weight is 220 g/mol. The van der Waals surface area contributed by atoms with Gasteiger partial charge in [0.25, 0.3) is 0 Å². The van der Waals surface area contributed by atoms with Gasteiger partial charge in [-0.3, -0.25) is 0 Å². The van der Waals surface area contributed by atoms with Crippen LogP contribution < -0.4 is 0 Å². The van der Waals surface area contributed by atoms with Crippen molar-refractivity contribution in [2.24, 2.45) is 5.92 Å². The molecule has 0 aliphatic heterocycles. The van der Waals surface area contributed by atoms with Crippen LogP contribution in [0.1, 0.15) is 18.9 Å². The predicted molar refractivity (Wildman–Crippen MR) is 62.1 cm³/mol. The van der Waals surface area contributed by atoms with E-state index in [0.717, 1.165) is 18.5 Å². The maximum Gasteiger partial charge on any atom is 0.123 e. The second-order valence-corrected chi connectivity index (χ2v) is 4.06. The number of halogens is 1. The highest BCUT2D eigenvalue weighted by atomic mass is 19.1. The molecule has 0 spiro atoms. The average Bonchev–Trinajstić information content (AvgIpc) is 2.26. The van der Waals surface area contributed by atoms with Gasteiger partial charge in [-0.2, -0.15) is 5.26 Å². The highest BCUT2D eigenvalue weighted by molar-refractivity contribution is 5.16. The van der Waals surface area contributed by atoms with Gasteiger partial charge in [0.1, 0.15) is 5.82 Å². The number of nitrogens with zero attached hydrogens (tertiary/aromatic N) is 2. The van der Waals surface area contributed by atoms with Gasteiger partial charge in [-0.25, -0.2) is 4.39 Å². The Morgan fingerprint density at radius 2 is 2.25 bits per heavy atom. The summed E-state index contributed by atoms with van der Waals surface area (Å²) in [6, 6.07) is 8.84. The van der Waals surface area contributed by atoms with Crippen LogP contribution in [0.4, 0.5) is 4.39 Å². The fourth-order valence-electron chi connectivity index (χ4n) is 1.65. The van der Waals surface area contributed by atoms with Gasteiger partial charge in [-0.15, -0.1) is 0 Å². The van der Waals surface area contributed by atoms with Gasteiger partial charge < -0.3 is 4.90 Å². The summed E-state index contributed by atoms with van der Waals surface area (Å²) in [5.74, 6) is -0.156. The van der Waals surface area contributed by atoms with Crippen molar-refractivity contribution in [1.82, 2.24) is 4.90 Å². The molecular formula is C13H17FN2. The second-order valence-electron chi connectivity index (χ2n) is 4.06. The predicted octanol–water partition coefficient (Wildman–Crippen LogP) is 2.81. The molecule has 0 saturated heterocycles. The highest BCUT2D eigenvalue weighted by Crippen LogP contribution is 2.09. The molecule has 1 rings (SSSR count). The zero-order chi connectivity index (χ0) is 12.0. The Morgan fingerprint density at radius 3 is 2.81 bits per heavy atom. The van der Waals surface area contributed by atoms with Crippen molar-refractivity contribution in [2.75, 3.05) is 13.6 Å². The third kappa shape index (κ3) is 4.00. The van der Waals surface area contributed by atoms with Crippen molar-refractivity contribution in [3.63, 3.8) is 0 Å². The molecule has 0 aromatic heterocycles. The summed E-state index contributed by atoms with van der Waals surface area (Å²) in [6.45, 7) is 3.41. The van der Waals surface area contributed by atoms with E-state index in [-0.39, 0.29) is 11.7 Å². The molecule has 1 aromatic rings. The van der Waals surface area contributed by atoms with Crippen LogP contribution in [0.15, 0.2) is 24.3 Å². The van der Waals surface area contributed by atoms with Crippen molar-refractivity contribution >= 4 is 0 Å². The highest BCUT2D eigenvalue weighted by Gasteiger charge is 2.08. The van der Waals surface area contributed by atoms with E-state index in [9.17, 15) is 4.39 Å². The zero-order valence-electron chi connectivity index (χ0n) is 9.78. The molecule has 1 unspecified atom stereocenters. The Kier molecular flexibility index (Phi) is 4.94. The van der Waals surface area contributed by atoms with Crippen LogP contribution in [0.25, 0.3) is 0 Å². The number of benzene rings is 1. The lowest BCUT2D eigenvalue weighted by molar-refractivity contribution is 0.292. The Hall–Kier alpha value is -1.40. The summed E-state index contributed by atoms with van der Waals surface area (Å²) in [5, 5.41) is 8.85. The second kappa shape index (κ2) is 6.24. The largest absolute Gasteiger partial charge is 0.301 e. The van der Waals surface area contributed by atoms with E-state index in [4.69, 9.17) is 5.26 Å². The van der Waals surface area contributed by atoms with E-state index in [0.29, 0.717) is 6.54 Å². The molecule has 0 amide bonds. The number of nitriles is 1. The molecule has 1 aromatic carbocycles. The molecule has 3 heteroatoms. The molecule has 86 valence electrons. The molecule has 16 heavy (non-hydrogen) atoms. The molecule has 0 radical (unpaired) electrons. The monoisotopic (exact) mass is 220 g/mol. The summed E-state index contributed by atoms with van der Waals surface area (Å²) < 4.78 is 12.9. The smallest absolute Gasteiger partial charge is 0.123 e. The van der Waals surface area contributed by atoms with Crippen molar-refractivity contribution in [2.45, 2.75) is 19.9 Å². The lowest BCUT2D eigenvalue weighted by Crippen LogP contribution is -2.24. The van der Waals surface area contributed by atoms with E-state index in [1.807, 2.05) is 24.9 Å². The molecule has 2 nitrogen and oxygen atoms in total. The fraction of sp³-hybridized carbons (Fsp3) is 0.462. The first-order valence-corrected chi connectivity index (χ1v) is 5.48. The van der Waals surface area contributed by atoms with Crippen LogP contribution in [0.3, 0.4) is 0 Å². The molecule has 1 atom stereocenters. The Bertz CT molecular complexity index is 370. The first-order valence-electron chi connectivity index (χ1n) is 5.48. The molecule has 0 bridgehead atoms. The lowest BCUT2D eigenvalue weighted by Gasteiger charge is -2.19. The summed E-state index contributed by atoms with van der Waals surface area (Å²) >= 11 is 0. The summed E-state index contributed by atoms with van der Waals surface area (Å²) in [4.78, 5) is 2.05. The first kappa shape index (κ1) is 12.7. The van der Waals surface area contributed by atoms with Gasteiger partial charge in [-0.1, -0.05) is 19.1 Å². The summed E-state index contributed by atoms with van der Waals surface area (Å²) in [5.41, 5.74) is 0.940. The maximum atomic E-state index is 12.9. The third-order valence-corrected chi connectivity index (χ3v) is 2.55. The van der Waals surface area contributed by atoms with Crippen molar-refractivity contribution in [1.29, 1.82) is 5.26 Å². The molecule has 0 heterocycles. The lowest BCUT2D eigenvalue weighted by atomic mass is 10.1. The topological polar surface area (TPSA) is 27.0 Å². The molecule has 0 saturated carbocycles. The maximum absolute atomic E-state index is 12.9. The number of hydrogen-bond donors (Lipinski definition) is 0. The standard InChI is InChI=1S/C13H17FN2/c1-3-11(8-15)9-16(2)10-12-5-4-6-13(14)7-12/h4-7,11H,3,9-10H2,1-2H3. The van der Waals surface area contributed by atoms with Gasteiger partial charge in [0, 0.05) is 13.1 Å². The van der Waals surface area contributed by atoms with Gasteiger partial charge in [-0.05, 0) is 31.2 Å². The van der Waals surface area contributed by atoms with Gasteiger partial charge in [0.15, 0.2) is 0 Å². The van der Waals surface area contributed by atoms with Gasteiger partial charge >= 0.3 is 0 Å². The van der Waals surface area contributed by atoms with E-state index in [2.05, 4.69) is 6.07 Å². The molecule has 0 fully saturated rings. The Morgan fingerprint density at radius 1 is 1.50 bits per heavy atom. The van der Waals surface area contributed by atoms with Crippen LogP contribution in [0.5, 0.6) is 0 Å². The van der Waals surface area contributed by atoms with E-state index >= 15 is 0 Å². The molecular weight excluding hydrogens is 203 g/mol. The van der Waals surface area contributed by atoms with E-state index in [1.54, 1.807) is 6.07 Å². The Labute approximate surface area is 96.3 Å². The minimum absolute atomic E-state index is 0.0542. The minimum Gasteiger partial charge on any atom is -0.301 e. The number of rotatable bonds is 5. The van der Waals surface area contributed by atoms with Crippen molar-refractivity contribution < 1.29 is 4.39 Å². The quantitative estimate of drug-likeness (QED) is 0.763. The van der Waals surface area contributed by atoms with Crippen LogP contribution in [-0.2, 0) is 6.54 Å². The molecule has 0 aliphatic carbocycles. The summed E-state index contributed by atoms with van der Waals surface area (Å²) in [6.07, 6.45) is 0.851. The SMILES string of the molecule is CCC(C#N)CN(C)Cc1cccc(F)c1. The van der Waals surface area contributed by atoms with E-state index < -0.39 is 0 Å². The number of hydrogen-bond acceptors (Lipinski definition) is 2. The van der Waals surface area contributed by atoms with Crippen molar-refractivity contribution in [3.8, 4) is 6.07 Å². The van der Waals surface area contributed by atoms with Crippen LogP contribution in [0.2, 0.25) is 0 Å². The van der Waals surface area contributed by atoms with Gasteiger partial charge in [0.2, 0.25) is 0 Å². The minimum atomic E-state index is -0.210. The summed E-state index contributed by atoms with van der Waals surface area (Å²) in [7, 11) is 1.95. The third-order valence-electron chi connectivity index (χ3n) is 2.55. The van der Waals surface area contributed by atoms with E-state index in [1.165, 1.54) is 12.1 Å². The van der Waals surface area contributed by atoms with Gasteiger partial charge in [0.05, 0.1) is 12.0 Å². The Balaban J connectivity index is 2.51. The van der Waals surface area contributed by atoms with Crippen LogP contribution >= 0.6 is 0 Å². The first-order chi connectivity index (χ1) is 7.65. The molecule has 0 aliphatic rings. The fourth-order valence-corrected chi connectivity index (χ4v) is 1.65. The van der Waals surface area contributed by atoms with Crippen LogP contribution in [0, 0.1) is 23.1 Å². The normalized spacial score (nSPS) is 12.4. The molecule has 0 N–H and O–H groups in total. The van der Waals surface area contributed by atoms with Crippen LogP contribution in [-0.4, -0.2) is 18.5 Å².